The Balaban J connectivity index is 2.17. The van der Waals surface area contributed by atoms with Gasteiger partial charge in [-0.1, -0.05) is 32.0 Å². The van der Waals surface area contributed by atoms with E-state index in [1.807, 2.05) is 32.9 Å². The summed E-state index contributed by atoms with van der Waals surface area (Å²) in [6.07, 6.45) is 0.473. The molecule has 26 heavy (non-hydrogen) atoms. The minimum absolute atomic E-state index is 0.196. The Kier molecular flexibility index (Phi) is 6.52. The monoisotopic (exact) mass is 373 g/mol. The van der Waals surface area contributed by atoms with Crippen molar-refractivity contribution in [2.24, 2.45) is 11.7 Å². The molecule has 0 bridgehead atoms. The van der Waals surface area contributed by atoms with Gasteiger partial charge in [0.15, 0.2) is 0 Å². The van der Waals surface area contributed by atoms with Gasteiger partial charge in [0, 0.05) is 5.56 Å². The maximum atomic E-state index is 12.7. The number of carbonyl (C=O) groups excluding carboxylic acids is 3. The van der Waals surface area contributed by atoms with Gasteiger partial charge in [-0.15, -0.1) is 11.3 Å². The molecular weight excluding hydrogens is 350 g/mol. The maximum Gasteiger partial charge on any atom is 0.252 e. The highest BCUT2D eigenvalue weighted by molar-refractivity contribution is 7.14. The SMILES string of the molecule is Cc1ccccc1C(=O)N[C@@H](CC(C)C)C(=O)Nc1sccc1C(N)=O. The molecule has 138 valence electrons. The van der Waals surface area contributed by atoms with Crippen LogP contribution in [0, 0.1) is 12.8 Å². The summed E-state index contributed by atoms with van der Waals surface area (Å²) in [6.45, 7) is 5.79. The number of primary amides is 1. The molecule has 0 fully saturated rings. The molecule has 3 amide bonds. The third kappa shape index (κ3) is 4.92. The van der Waals surface area contributed by atoms with E-state index in [0.717, 1.165) is 5.56 Å². The lowest BCUT2D eigenvalue weighted by atomic mass is 10.0. The zero-order valence-corrected chi connectivity index (χ0v) is 15.9. The summed E-state index contributed by atoms with van der Waals surface area (Å²) >= 11 is 1.21. The molecule has 0 aliphatic heterocycles. The number of nitrogens with two attached hydrogens (primary N) is 1. The molecule has 1 heterocycles. The number of rotatable bonds is 7. The molecule has 7 heteroatoms. The van der Waals surface area contributed by atoms with Gasteiger partial charge in [0.2, 0.25) is 5.91 Å². The standard InChI is InChI=1S/C19H23N3O3S/c1-11(2)10-15(21-17(24)13-7-5-4-6-12(13)3)18(25)22-19-14(16(20)23)8-9-26-19/h4-9,11,15H,10H2,1-3H3,(H2,20,23)(H,21,24)(H,22,25)/t15-/m0/s1. The molecule has 1 atom stereocenters. The van der Waals surface area contributed by atoms with Gasteiger partial charge in [-0.3, -0.25) is 14.4 Å². The molecule has 2 rings (SSSR count). The van der Waals surface area contributed by atoms with Crippen molar-refractivity contribution in [3.05, 3.63) is 52.4 Å². The van der Waals surface area contributed by atoms with Crippen LogP contribution < -0.4 is 16.4 Å². The van der Waals surface area contributed by atoms with Crippen molar-refractivity contribution in [2.45, 2.75) is 33.2 Å². The Bertz CT molecular complexity index is 814. The van der Waals surface area contributed by atoms with Crippen LogP contribution in [0.15, 0.2) is 35.7 Å². The van der Waals surface area contributed by atoms with Gasteiger partial charge < -0.3 is 16.4 Å². The Labute approximate surface area is 156 Å². The summed E-state index contributed by atoms with van der Waals surface area (Å²) in [4.78, 5) is 36.7. The number of hydrogen-bond donors (Lipinski definition) is 3. The van der Waals surface area contributed by atoms with Gasteiger partial charge in [-0.2, -0.15) is 0 Å². The molecule has 0 aliphatic carbocycles. The second-order valence-corrected chi connectivity index (χ2v) is 7.40. The van der Waals surface area contributed by atoms with Crippen molar-refractivity contribution in [3.8, 4) is 0 Å². The van der Waals surface area contributed by atoms with E-state index >= 15 is 0 Å². The Morgan fingerprint density at radius 3 is 2.42 bits per heavy atom. The smallest absolute Gasteiger partial charge is 0.252 e. The molecule has 1 aromatic carbocycles. The molecule has 0 saturated carbocycles. The Hall–Kier alpha value is -2.67. The Morgan fingerprint density at radius 1 is 1.12 bits per heavy atom. The third-order valence-electron chi connectivity index (χ3n) is 3.89. The van der Waals surface area contributed by atoms with E-state index in [0.29, 0.717) is 17.0 Å². The molecule has 4 N–H and O–H groups in total. The normalized spacial score (nSPS) is 11.8. The minimum Gasteiger partial charge on any atom is -0.366 e. The summed E-state index contributed by atoms with van der Waals surface area (Å²) in [5.74, 6) is -1.08. The lowest BCUT2D eigenvalue weighted by Gasteiger charge is -2.20. The predicted molar refractivity (Wildman–Crippen MR) is 103 cm³/mol. The van der Waals surface area contributed by atoms with Crippen LogP contribution >= 0.6 is 11.3 Å². The molecule has 0 saturated heterocycles. The number of anilines is 1. The molecule has 0 radical (unpaired) electrons. The average Bonchev–Trinajstić information content (AvgIpc) is 3.02. The second-order valence-electron chi connectivity index (χ2n) is 6.49. The summed E-state index contributed by atoms with van der Waals surface area (Å²) < 4.78 is 0. The van der Waals surface area contributed by atoms with Crippen molar-refractivity contribution < 1.29 is 14.4 Å². The number of amides is 3. The first-order chi connectivity index (χ1) is 12.3. The molecule has 0 unspecified atom stereocenters. The van der Waals surface area contributed by atoms with E-state index in [1.54, 1.807) is 23.6 Å². The summed E-state index contributed by atoms with van der Waals surface area (Å²) in [5.41, 5.74) is 6.94. The zero-order valence-electron chi connectivity index (χ0n) is 15.0. The third-order valence-corrected chi connectivity index (χ3v) is 4.72. The quantitative estimate of drug-likeness (QED) is 0.695. The van der Waals surface area contributed by atoms with E-state index < -0.39 is 11.9 Å². The summed E-state index contributed by atoms with van der Waals surface area (Å²) in [6, 6.07) is 8.05. The van der Waals surface area contributed by atoms with Gasteiger partial charge in [0.05, 0.1) is 5.56 Å². The second kappa shape index (κ2) is 8.62. The minimum atomic E-state index is -0.718. The highest BCUT2D eigenvalue weighted by Crippen LogP contribution is 2.23. The fourth-order valence-corrected chi connectivity index (χ4v) is 3.36. The Morgan fingerprint density at radius 2 is 1.81 bits per heavy atom. The van der Waals surface area contributed by atoms with E-state index in [1.165, 1.54) is 11.3 Å². The van der Waals surface area contributed by atoms with Crippen molar-refractivity contribution >= 4 is 34.1 Å². The van der Waals surface area contributed by atoms with Crippen LogP contribution in [0.2, 0.25) is 0 Å². The van der Waals surface area contributed by atoms with E-state index in [4.69, 9.17) is 5.73 Å². The van der Waals surface area contributed by atoms with Crippen molar-refractivity contribution in [2.75, 3.05) is 5.32 Å². The number of thiophene rings is 1. The highest BCUT2D eigenvalue weighted by atomic mass is 32.1. The summed E-state index contributed by atoms with van der Waals surface area (Å²) in [5, 5.41) is 7.59. The number of benzene rings is 1. The first-order valence-electron chi connectivity index (χ1n) is 8.34. The number of aryl methyl sites for hydroxylation is 1. The lowest BCUT2D eigenvalue weighted by molar-refractivity contribution is -0.118. The van der Waals surface area contributed by atoms with Crippen molar-refractivity contribution in [1.29, 1.82) is 0 Å². The van der Waals surface area contributed by atoms with Crippen LogP contribution in [0.1, 0.15) is 46.5 Å². The number of nitrogens with one attached hydrogen (secondary N) is 2. The van der Waals surface area contributed by atoms with Gasteiger partial charge >= 0.3 is 0 Å². The van der Waals surface area contributed by atoms with Crippen LogP contribution in [0.5, 0.6) is 0 Å². The first kappa shape index (κ1) is 19.7. The van der Waals surface area contributed by atoms with Gasteiger partial charge in [-0.05, 0) is 42.3 Å². The van der Waals surface area contributed by atoms with Gasteiger partial charge in [0.1, 0.15) is 11.0 Å². The van der Waals surface area contributed by atoms with Crippen LogP contribution in [-0.4, -0.2) is 23.8 Å². The van der Waals surface area contributed by atoms with Gasteiger partial charge in [0.25, 0.3) is 11.8 Å². The van der Waals surface area contributed by atoms with Crippen molar-refractivity contribution in [1.82, 2.24) is 5.32 Å². The largest absolute Gasteiger partial charge is 0.366 e. The van der Waals surface area contributed by atoms with Crippen LogP contribution in [-0.2, 0) is 4.79 Å². The fraction of sp³-hybridized carbons (Fsp3) is 0.316. The predicted octanol–water partition coefficient (Wildman–Crippen LogP) is 2.94. The summed E-state index contributed by atoms with van der Waals surface area (Å²) in [7, 11) is 0. The molecule has 0 spiro atoms. The molecule has 6 nitrogen and oxygen atoms in total. The molecule has 2 aromatic rings. The lowest BCUT2D eigenvalue weighted by Crippen LogP contribution is -2.44. The average molecular weight is 373 g/mol. The number of carbonyl (C=O) groups is 3. The van der Waals surface area contributed by atoms with E-state index in [2.05, 4.69) is 10.6 Å². The highest BCUT2D eigenvalue weighted by Gasteiger charge is 2.24. The van der Waals surface area contributed by atoms with E-state index in [-0.39, 0.29) is 23.3 Å². The fourth-order valence-electron chi connectivity index (χ4n) is 2.57. The number of hydrogen-bond acceptors (Lipinski definition) is 4. The molecule has 0 aliphatic rings. The van der Waals surface area contributed by atoms with Crippen LogP contribution in [0.3, 0.4) is 0 Å². The van der Waals surface area contributed by atoms with Crippen molar-refractivity contribution in [3.63, 3.8) is 0 Å². The van der Waals surface area contributed by atoms with Gasteiger partial charge in [-0.25, -0.2) is 0 Å². The molecular formula is C19H23N3O3S. The van der Waals surface area contributed by atoms with Crippen LogP contribution in [0.4, 0.5) is 5.00 Å². The molecule has 1 aromatic heterocycles. The maximum absolute atomic E-state index is 12.7. The topological polar surface area (TPSA) is 101 Å². The van der Waals surface area contributed by atoms with E-state index in [9.17, 15) is 14.4 Å². The first-order valence-corrected chi connectivity index (χ1v) is 9.22. The zero-order chi connectivity index (χ0) is 19.3. The van der Waals surface area contributed by atoms with Crippen LogP contribution in [0.25, 0.3) is 0 Å².